The van der Waals surface area contributed by atoms with E-state index in [1.54, 1.807) is 0 Å². The molecule has 0 bridgehead atoms. The highest BCUT2D eigenvalue weighted by Gasteiger charge is 2.04. The van der Waals surface area contributed by atoms with Gasteiger partial charge >= 0.3 is 0 Å². The van der Waals surface area contributed by atoms with Crippen molar-refractivity contribution >= 4 is 5.69 Å². The lowest BCUT2D eigenvalue weighted by Gasteiger charge is -2.08. The number of aryl methyl sites for hydroxylation is 1. The van der Waals surface area contributed by atoms with Gasteiger partial charge in [0.15, 0.2) is 0 Å². The van der Waals surface area contributed by atoms with Crippen molar-refractivity contribution in [2.24, 2.45) is 0 Å². The number of nitrogen functional groups attached to an aromatic ring is 1. The van der Waals surface area contributed by atoms with Crippen LogP contribution in [0.25, 0.3) is 11.3 Å². The van der Waals surface area contributed by atoms with E-state index in [0.717, 1.165) is 17.8 Å². The molecular formula is C12H14N2. The largest absolute Gasteiger partial charge is 0.398 e. The second-order valence-corrected chi connectivity index (χ2v) is 3.27. The van der Waals surface area contributed by atoms with Crippen LogP contribution in [0.5, 0.6) is 0 Å². The maximum absolute atomic E-state index is 5.92. The lowest BCUT2D eigenvalue weighted by atomic mass is 10.1. The predicted octanol–water partition coefficient (Wildman–Crippen LogP) is 2.76. The second kappa shape index (κ2) is 3.58. The molecule has 0 fully saturated rings. The Kier molecular flexibility index (Phi) is 2.27. The molecule has 2 heteroatoms. The Balaban J connectivity index is 2.54. The fourth-order valence-electron chi connectivity index (χ4n) is 1.66. The average Bonchev–Trinajstić information content (AvgIpc) is 2.66. The van der Waals surface area contributed by atoms with Crippen molar-refractivity contribution in [2.75, 3.05) is 5.73 Å². The molecule has 0 amide bonds. The summed E-state index contributed by atoms with van der Waals surface area (Å²) in [6.07, 6.45) is 2.07. The van der Waals surface area contributed by atoms with Crippen LogP contribution < -0.4 is 5.73 Å². The summed E-state index contributed by atoms with van der Waals surface area (Å²) in [5.74, 6) is 0. The maximum Gasteiger partial charge on any atom is 0.0501 e. The van der Waals surface area contributed by atoms with Gasteiger partial charge in [0, 0.05) is 24.0 Å². The van der Waals surface area contributed by atoms with Crippen molar-refractivity contribution in [3.63, 3.8) is 0 Å². The highest BCUT2D eigenvalue weighted by molar-refractivity contribution is 5.74. The highest BCUT2D eigenvalue weighted by Crippen LogP contribution is 2.25. The van der Waals surface area contributed by atoms with Crippen LogP contribution in [0.2, 0.25) is 0 Å². The Morgan fingerprint density at radius 2 is 1.93 bits per heavy atom. The summed E-state index contributed by atoms with van der Waals surface area (Å²) in [6, 6.07) is 12.1. The monoisotopic (exact) mass is 186 g/mol. The summed E-state index contributed by atoms with van der Waals surface area (Å²) in [7, 11) is 0. The van der Waals surface area contributed by atoms with Crippen LogP contribution in [0, 0.1) is 0 Å². The Labute approximate surface area is 84.0 Å². The van der Waals surface area contributed by atoms with Crippen LogP contribution in [0.1, 0.15) is 6.92 Å². The molecule has 1 aromatic carbocycles. The molecule has 2 aromatic rings. The zero-order valence-corrected chi connectivity index (χ0v) is 8.27. The molecule has 2 N–H and O–H groups in total. The molecule has 0 atom stereocenters. The molecule has 14 heavy (non-hydrogen) atoms. The van der Waals surface area contributed by atoms with Crippen molar-refractivity contribution in [3.05, 3.63) is 42.6 Å². The van der Waals surface area contributed by atoms with E-state index < -0.39 is 0 Å². The fourth-order valence-corrected chi connectivity index (χ4v) is 1.66. The third-order valence-corrected chi connectivity index (χ3v) is 2.41. The van der Waals surface area contributed by atoms with Gasteiger partial charge in [-0.05, 0) is 25.1 Å². The molecular weight excluding hydrogens is 172 g/mol. The van der Waals surface area contributed by atoms with Crippen molar-refractivity contribution in [2.45, 2.75) is 13.5 Å². The molecule has 1 heterocycles. The van der Waals surface area contributed by atoms with Gasteiger partial charge in [-0.1, -0.05) is 18.2 Å². The number of nitrogens with two attached hydrogens (primary N) is 1. The molecule has 0 saturated heterocycles. The Hall–Kier alpha value is -1.70. The summed E-state index contributed by atoms with van der Waals surface area (Å²) < 4.78 is 2.19. The highest BCUT2D eigenvalue weighted by atomic mass is 15.0. The minimum Gasteiger partial charge on any atom is -0.398 e. The van der Waals surface area contributed by atoms with Crippen LogP contribution in [-0.2, 0) is 6.54 Å². The van der Waals surface area contributed by atoms with Gasteiger partial charge in [-0.15, -0.1) is 0 Å². The first-order valence-corrected chi connectivity index (χ1v) is 4.83. The van der Waals surface area contributed by atoms with Crippen LogP contribution in [0.4, 0.5) is 5.69 Å². The number of anilines is 1. The Morgan fingerprint density at radius 1 is 1.14 bits per heavy atom. The van der Waals surface area contributed by atoms with E-state index in [1.807, 2.05) is 24.3 Å². The van der Waals surface area contributed by atoms with Crippen LogP contribution in [0.3, 0.4) is 0 Å². The standard InChI is InChI=1S/C12H14N2/c1-2-14-9-5-8-12(14)10-6-3-4-7-11(10)13/h3-9H,2,13H2,1H3. The lowest BCUT2D eigenvalue weighted by Crippen LogP contribution is -1.97. The summed E-state index contributed by atoms with van der Waals surface area (Å²) in [6.45, 7) is 3.10. The van der Waals surface area contributed by atoms with E-state index >= 15 is 0 Å². The summed E-state index contributed by atoms with van der Waals surface area (Å²) >= 11 is 0. The quantitative estimate of drug-likeness (QED) is 0.718. The molecule has 0 aliphatic heterocycles. The van der Waals surface area contributed by atoms with Crippen LogP contribution >= 0.6 is 0 Å². The zero-order valence-electron chi connectivity index (χ0n) is 8.27. The second-order valence-electron chi connectivity index (χ2n) is 3.27. The third-order valence-electron chi connectivity index (χ3n) is 2.41. The fraction of sp³-hybridized carbons (Fsp3) is 0.167. The third kappa shape index (κ3) is 1.39. The summed E-state index contributed by atoms with van der Waals surface area (Å²) in [5, 5.41) is 0. The number of nitrogens with zero attached hydrogens (tertiary/aromatic N) is 1. The van der Waals surface area contributed by atoms with Gasteiger partial charge in [0.05, 0.1) is 5.69 Å². The zero-order chi connectivity index (χ0) is 9.97. The molecule has 0 aliphatic rings. The van der Waals surface area contributed by atoms with Gasteiger partial charge in [-0.25, -0.2) is 0 Å². The van der Waals surface area contributed by atoms with Gasteiger partial charge in [-0.3, -0.25) is 0 Å². The van der Waals surface area contributed by atoms with Crippen LogP contribution in [0.15, 0.2) is 42.6 Å². The number of hydrogen-bond acceptors (Lipinski definition) is 1. The van der Waals surface area contributed by atoms with Gasteiger partial charge < -0.3 is 10.3 Å². The molecule has 0 saturated carbocycles. The summed E-state index contributed by atoms with van der Waals surface area (Å²) in [5.41, 5.74) is 9.05. The van der Waals surface area contributed by atoms with E-state index in [-0.39, 0.29) is 0 Å². The van der Waals surface area contributed by atoms with Gasteiger partial charge in [0.1, 0.15) is 0 Å². The maximum atomic E-state index is 5.92. The minimum atomic E-state index is 0.834. The van der Waals surface area contributed by atoms with Crippen molar-refractivity contribution < 1.29 is 0 Å². The Morgan fingerprint density at radius 3 is 2.64 bits per heavy atom. The van der Waals surface area contributed by atoms with Gasteiger partial charge in [-0.2, -0.15) is 0 Å². The SMILES string of the molecule is CCn1cccc1-c1ccccc1N. The molecule has 0 radical (unpaired) electrons. The Bertz CT molecular complexity index is 429. The van der Waals surface area contributed by atoms with Gasteiger partial charge in [0.25, 0.3) is 0 Å². The molecule has 72 valence electrons. The van der Waals surface area contributed by atoms with Crippen LogP contribution in [-0.4, -0.2) is 4.57 Å². The smallest absolute Gasteiger partial charge is 0.0501 e. The van der Waals surface area contributed by atoms with E-state index in [4.69, 9.17) is 5.73 Å². The van der Waals surface area contributed by atoms with E-state index in [9.17, 15) is 0 Å². The average molecular weight is 186 g/mol. The first-order chi connectivity index (χ1) is 6.83. The molecule has 0 aliphatic carbocycles. The summed E-state index contributed by atoms with van der Waals surface area (Å²) in [4.78, 5) is 0. The first kappa shape index (κ1) is 8.88. The normalized spacial score (nSPS) is 10.4. The topological polar surface area (TPSA) is 30.9 Å². The molecule has 0 spiro atoms. The first-order valence-electron chi connectivity index (χ1n) is 4.83. The lowest BCUT2D eigenvalue weighted by molar-refractivity contribution is 0.777. The van der Waals surface area contributed by atoms with Gasteiger partial charge in [0.2, 0.25) is 0 Å². The van der Waals surface area contributed by atoms with E-state index in [1.165, 1.54) is 5.69 Å². The van der Waals surface area contributed by atoms with Crippen molar-refractivity contribution in [3.8, 4) is 11.3 Å². The number of rotatable bonds is 2. The van der Waals surface area contributed by atoms with E-state index in [0.29, 0.717) is 0 Å². The molecule has 2 nitrogen and oxygen atoms in total. The van der Waals surface area contributed by atoms with E-state index in [2.05, 4.69) is 29.8 Å². The number of benzene rings is 1. The molecule has 0 unspecified atom stereocenters. The minimum absolute atomic E-state index is 0.834. The number of aromatic nitrogens is 1. The molecule has 2 rings (SSSR count). The number of hydrogen-bond donors (Lipinski definition) is 1. The predicted molar refractivity (Wildman–Crippen MR) is 60.0 cm³/mol. The number of para-hydroxylation sites is 1. The van der Waals surface area contributed by atoms with Crippen molar-refractivity contribution in [1.29, 1.82) is 0 Å². The molecule has 1 aromatic heterocycles. The van der Waals surface area contributed by atoms with Crippen molar-refractivity contribution in [1.82, 2.24) is 4.57 Å².